The molecule has 0 saturated heterocycles. The number of nitro groups is 1. The Morgan fingerprint density at radius 3 is 2.74 bits per heavy atom. The summed E-state index contributed by atoms with van der Waals surface area (Å²) in [6.07, 6.45) is 1.65. The topological polar surface area (TPSA) is 56.0 Å². The lowest BCUT2D eigenvalue weighted by Crippen LogP contribution is -1.91. The maximum absolute atomic E-state index is 10.8. The van der Waals surface area contributed by atoms with Crippen LogP contribution < -0.4 is 0 Å². The van der Waals surface area contributed by atoms with Crippen LogP contribution in [0.3, 0.4) is 0 Å². The molecule has 0 aliphatic rings. The van der Waals surface area contributed by atoms with Gasteiger partial charge in [0, 0.05) is 18.0 Å². The van der Waals surface area contributed by atoms with Gasteiger partial charge in [-0.15, -0.1) is 11.8 Å². The number of nitrogens with zero attached hydrogens (tertiary/aromatic N) is 2. The molecule has 0 aliphatic carbocycles. The van der Waals surface area contributed by atoms with Crippen LogP contribution in [0.15, 0.2) is 41.6 Å². The van der Waals surface area contributed by atoms with E-state index in [2.05, 4.69) is 4.98 Å². The fourth-order valence-electron chi connectivity index (χ4n) is 1.42. The lowest BCUT2D eigenvalue weighted by atomic mass is 10.2. The first-order valence-electron chi connectivity index (χ1n) is 5.24. The van der Waals surface area contributed by atoms with Crippen molar-refractivity contribution in [3.8, 4) is 0 Å². The summed E-state index contributed by atoms with van der Waals surface area (Å²) in [6, 6.07) is 8.24. The molecule has 1 aromatic carbocycles. The van der Waals surface area contributed by atoms with Gasteiger partial charge < -0.3 is 0 Å². The molecule has 0 spiro atoms. The van der Waals surface area contributed by atoms with E-state index in [9.17, 15) is 10.1 Å². The van der Waals surface area contributed by atoms with Crippen LogP contribution in [-0.4, -0.2) is 9.91 Å². The van der Waals surface area contributed by atoms with Crippen molar-refractivity contribution in [2.45, 2.75) is 10.8 Å². The Morgan fingerprint density at radius 1 is 1.26 bits per heavy atom. The third-order valence-electron chi connectivity index (χ3n) is 2.31. The predicted octanol–water partition coefficient (Wildman–Crippen LogP) is 4.59. The molecular weight excluding hydrogens is 307 g/mol. The highest BCUT2D eigenvalue weighted by molar-refractivity contribution is 7.98. The normalized spacial score (nSPS) is 10.4. The smallest absolute Gasteiger partial charge is 0.258 e. The van der Waals surface area contributed by atoms with Crippen LogP contribution in [0.4, 0.5) is 5.69 Å². The van der Waals surface area contributed by atoms with Gasteiger partial charge in [0.25, 0.3) is 5.69 Å². The Labute approximate surface area is 123 Å². The number of thioether (sulfide) groups is 1. The van der Waals surface area contributed by atoms with Gasteiger partial charge in [-0.25, -0.2) is 4.98 Å². The minimum atomic E-state index is -0.496. The summed E-state index contributed by atoms with van der Waals surface area (Å²) in [5, 5.41) is 12.2. The third kappa shape index (κ3) is 3.59. The van der Waals surface area contributed by atoms with Gasteiger partial charge >= 0.3 is 0 Å². The van der Waals surface area contributed by atoms with Crippen molar-refractivity contribution in [1.82, 2.24) is 4.98 Å². The summed E-state index contributed by atoms with van der Waals surface area (Å²) >= 11 is 13.2. The van der Waals surface area contributed by atoms with E-state index in [-0.39, 0.29) is 10.7 Å². The fraction of sp³-hybridized carbons (Fsp3) is 0.0833. The molecule has 0 atom stereocenters. The first-order valence-corrected chi connectivity index (χ1v) is 6.98. The Kier molecular flexibility index (Phi) is 4.63. The van der Waals surface area contributed by atoms with Gasteiger partial charge in [-0.1, -0.05) is 29.3 Å². The van der Waals surface area contributed by atoms with Crippen LogP contribution in [0, 0.1) is 10.1 Å². The van der Waals surface area contributed by atoms with Gasteiger partial charge in [-0.2, -0.15) is 0 Å². The molecule has 0 unspecified atom stereocenters. The Balaban J connectivity index is 2.14. The molecule has 2 aromatic rings. The second-order valence-electron chi connectivity index (χ2n) is 3.62. The lowest BCUT2D eigenvalue weighted by Gasteiger charge is -2.03. The molecule has 7 heteroatoms. The van der Waals surface area contributed by atoms with E-state index in [1.165, 1.54) is 23.9 Å². The minimum absolute atomic E-state index is 0.0908. The van der Waals surface area contributed by atoms with Gasteiger partial charge in [0.2, 0.25) is 0 Å². The zero-order valence-electron chi connectivity index (χ0n) is 9.55. The lowest BCUT2D eigenvalue weighted by molar-refractivity contribution is -0.384. The van der Waals surface area contributed by atoms with E-state index in [1.54, 1.807) is 24.4 Å². The Bertz CT molecular complexity index is 622. The van der Waals surface area contributed by atoms with Crippen molar-refractivity contribution in [2.75, 3.05) is 0 Å². The summed E-state index contributed by atoms with van der Waals surface area (Å²) < 4.78 is 0. The van der Waals surface area contributed by atoms with Crippen LogP contribution in [0.2, 0.25) is 10.0 Å². The largest absolute Gasteiger partial charge is 0.288 e. The number of pyridine rings is 1. The number of rotatable bonds is 4. The molecule has 0 saturated carbocycles. The minimum Gasteiger partial charge on any atom is -0.258 e. The molecule has 1 aromatic heterocycles. The SMILES string of the molecule is O=[N+]([O-])c1cc(CSc2ncccc2Cl)ccc1Cl. The number of nitro benzene ring substituents is 1. The van der Waals surface area contributed by atoms with E-state index in [0.717, 1.165) is 5.56 Å². The van der Waals surface area contributed by atoms with Crippen molar-refractivity contribution in [3.63, 3.8) is 0 Å². The second kappa shape index (κ2) is 6.23. The molecule has 4 nitrogen and oxygen atoms in total. The average Bonchev–Trinajstić information content (AvgIpc) is 2.39. The van der Waals surface area contributed by atoms with Crippen LogP contribution in [0.25, 0.3) is 0 Å². The number of aromatic nitrogens is 1. The predicted molar refractivity (Wildman–Crippen MR) is 76.9 cm³/mol. The number of halogens is 2. The highest BCUT2D eigenvalue weighted by Gasteiger charge is 2.13. The van der Waals surface area contributed by atoms with Gasteiger partial charge in [0.15, 0.2) is 0 Å². The van der Waals surface area contributed by atoms with Gasteiger partial charge in [0.1, 0.15) is 10.0 Å². The first kappa shape index (κ1) is 14.1. The van der Waals surface area contributed by atoms with Crippen LogP contribution >= 0.6 is 35.0 Å². The standard InChI is InChI=1S/C12H8Cl2N2O2S/c13-9-4-3-8(6-11(9)16(17)18)7-19-12-10(14)2-1-5-15-12/h1-6H,7H2. The van der Waals surface area contributed by atoms with E-state index in [4.69, 9.17) is 23.2 Å². The summed E-state index contributed by atoms with van der Waals surface area (Å²) in [4.78, 5) is 14.4. The maximum atomic E-state index is 10.8. The van der Waals surface area contributed by atoms with E-state index in [1.807, 2.05) is 0 Å². The first-order chi connectivity index (χ1) is 9.08. The maximum Gasteiger partial charge on any atom is 0.288 e. The van der Waals surface area contributed by atoms with Crippen molar-refractivity contribution in [1.29, 1.82) is 0 Å². The van der Waals surface area contributed by atoms with Gasteiger partial charge in [0.05, 0.1) is 9.95 Å². The van der Waals surface area contributed by atoms with Crippen molar-refractivity contribution in [3.05, 3.63) is 62.3 Å². The van der Waals surface area contributed by atoms with Gasteiger partial charge in [-0.05, 0) is 23.8 Å². The molecule has 0 fully saturated rings. The highest BCUT2D eigenvalue weighted by atomic mass is 35.5. The van der Waals surface area contributed by atoms with Crippen molar-refractivity contribution in [2.24, 2.45) is 0 Å². The molecule has 98 valence electrons. The Hall–Kier alpha value is -1.30. The fourth-order valence-corrected chi connectivity index (χ4v) is 2.71. The second-order valence-corrected chi connectivity index (χ2v) is 5.40. The quantitative estimate of drug-likeness (QED) is 0.470. The summed E-state index contributed by atoms with van der Waals surface area (Å²) in [5.41, 5.74) is 0.703. The zero-order valence-corrected chi connectivity index (χ0v) is 11.9. The van der Waals surface area contributed by atoms with E-state index in [0.29, 0.717) is 15.8 Å². The average molecular weight is 315 g/mol. The number of benzene rings is 1. The third-order valence-corrected chi connectivity index (χ3v) is 4.12. The highest BCUT2D eigenvalue weighted by Crippen LogP contribution is 2.30. The molecule has 0 aliphatic heterocycles. The number of hydrogen-bond donors (Lipinski definition) is 0. The zero-order chi connectivity index (χ0) is 13.8. The molecule has 0 amide bonds. The van der Waals surface area contributed by atoms with Gasteiger partial charge in [-0.3, -0.25) is 10.1 Å². The van der Waals surface area contributed by atoms with E-state index < -0.39 is 4.92 Å². The summed E-state index contributed by atoms with van der Waals surface area (Å²) in [5.74, 6) is 0.536. The molecule has 19 heavy (non-hydrogen) atoms. The molecular formula is C12H8Cl2N2O2S. The monoisotopic (exact) mass is 314 g/mol. The van der Waals surface area contributed by atoms with Crippen LogP contribution in [0.5, 0.6) is 0 Å². The van der Waals surface area contributed by atoms with Crippen molar-refractivity contribution < 1.29 is 4.92 Å². The Morgan fingerprint density at radius 2 is 2.05 bits per heavy atom. The molecule has 0 bridgehead atoms. The molecule has 2 rings (SSSR count). The summed E-state index contributed by atoms with van der Waals surface area (Å²) in [6.45, 7) is 0. The summed E-state index contributed by atoms with van der Waals surface area (Å²) in [7, 11) is 0. The van der Waals surface area contributed by atoms with Crippen LogP contribution in [-0.2, 0) is 5.75 Å². The molecule has 1 heterocycles. The van der Waals surface area contributed by atoms with E-state index >= 15 is 0 Å². The molecule has 0 N–H and O–H groups in total. The molecule has 0 radical (unpaired) electrons. The van der Waals surface area contributed by atoms with Crippen molar-refractivity contribution >= 4 is 40.7 Å². The number of hydrogen-bond acceptors (Lipinski definition) is 4. The van der Waals surface area contributed by atoms with Crippen LogP contribution in [0.1, 0.15) is 5.56 Å².